The number of aromatic nitrogens is 3. The second-order valence-electron chi connectivity index (χ2n) is 4.25. The number of carbonyl (C=O) groups is 1. The molecule has 1 aliphatic rings. The van der Waals surface area contributed by atoms with E-state index in [-0.39, 0.29) is 18.4 Å². The molecular weight excluding hydrogens is 290 g/mol. The van der Waals surface area contributed by atoms with Gasteiger partial charge in [-0.1, -0.05) is 0 Å². The van der Waals surface area contributed by atoms with Gasteiger partial charge in [-0.2, -0.15) is 11.8 Å². The molecule has 0 aliphatic carbocycles. The van der Waals surface area contributed by atoms with Crippen molar-refractivity contribution in [1.29, 1.82) is 0 Å². The summed E-state index contributed by atoms with van der Waals surface area (Å²) in [7, 11) is -3.29. The van der Waals surface area contributed by atoms with Gasteiger partial charge < -0.3 is 10.6 Å². The first-order valence-electron chi connectivity index (χ1n) is 5.59. The van der Waals surface area contributed by atoms with Gasteiger partial charge in [0.15, 0.2) is 9.84 Å². The van der Waals surface area contributed by atoms with E-state index in [1.807, 2.05) is 0 Å². The lowest BCUT2D eigenvalue weighted by atomic mass is 10.4. The van der Waals surface area contributed by atoms with Crippen molar-refractivity contribution in [3.63, 3.8) is 0 Å². The first-order chi connectivity index (χ1) is 8.88. The average Bonchev–Trinajstić information content (AvgIpc) is 2.73. The van der Waals surface area contributed by atoms with Crippen LogP contribution in [0.2, 0.25) is 0 Å². The van der Waals surface area contributed by atoms with Gasteiger partial charge in [0.25, 0.3) is 0 Å². The molecule has 1 saturated heterocycles. The Morgan fingerprint density at radius 2 is 2.37 bits per heavy atom. The van der Waals surface area contributed by atoms with Crippen LogP contribution in [0.25, 0.3) is 0 Å². The number of hydrogen-bond donors (Lipinski definition) is 1. The Labute approximate surface area is 115 Å². The molecular formula is C9H15N5O3S2. The zero-order valence-corrected chi connectivity index (χ0v) is 12.0. The molecule has 106 valence electrons. The minimum absolute atomic E-state index is 0.0547. The predicted molar refractivity (Wildman–Crippen MR) is 72.1 cm³/mol. The fourth-order valence-corrected chi connectivity index (χ4v) is 4.67. The fraction of sp³-hybridized carbons (Fsp3) is 0.667. The van der Waals surface area contributed by atoms with Crippen LogP contribution in [0.1, 0.15) is 0 Å². The average molecular weight is 305 g/mol. The quantitative estimate of drug-likeness (QED) is 0.747. The molecule has 2 heterocycles. The second kappa shape index (κ2) is 5.37. The van der Waals surface area contributed by atoms with Crippen LogP contribution >= 0.6 is 11.8 Å². The van der Waals surface area contributed by atoms with Crippen molar-refractivity contribution in [2.45, 2.75) is 11.9 Å². The van der Waals surface area contributed by atoms with Crippen molar-refractivity contribution >= 4 is 33.5 Å². The van der Waals surface area contributed by atoms with Crippen LogP contribution in [-0.2, 0) is 21.2 Å². The summed E-state index contributed by atoms with van der Waals surface area (Å²) in [5.74, 6) is 0.934. The van der Waals surface area contributed by atoms with Crippen molar-refractivity contribution in [2.24, 2.45) is 0 Å². The maximum atomic E-state index is 12.2. The van der Waals surface area contributed by atoms with Crippen molar-refractivity contribution < 1.29 is 13.2 Å². The molecule has 1 fully saturated rings. The summed E-state index contributed by atoms with van der Waals surface area (Å²) in [6, 6.07) is 0. The highest BCUT2D eigenvalue weighted by Crippen LogP contribution is 2.20. The topological polar surface area (TPSA) is 111 Å². The third kappa shape index (κ3) is 3.38. The Morgan fingerprint density at radius 3 is 2.95 bits per heavy atom. The van der Waals surface area contributed by atoms with Crippen molar-refractivity contribution in [3.8, 4) is 0 Å². The summed E-state index contributed by atoms with van der Waals surface area (Å²) in [5, 5.41) is 3.05. The van der Waals surface area contributed by atoms with Gasteiger partial charge in [0.05, 0.1) is 0 Å². The largest absolute Gasteiger partial charge is 0.367 e. The molecule has 19 heavy (non-hydrogen) atoms. The van der Waals surface area contributed by atoms with E-state index in [0.717, 1.165) is 12.0 Å². The summed E-state index contributed by atoms with van der Waals surface area (Å²) in [6.07, 6.45) is 2.50. The highest BCUT2D eigenvalue weighted by atomic mass is 32.2. The van der Waals surface area contributed by atoms with Gasteiger partial charge in [0.2, 0.25) is 11.9 Å². The molecule has 1 amide bonds. The zero-order valence-electron chi connectivity index (χ0n) is 10.4. The highest BCUT2D eigenvalue weighted by Gasteiger charge is 2.34. The number of hydrogen-bond acceptors (Lipinski definition) is 7. The number of rotatable bonds is 3. The molecule has 1 unspecified atom stereocenters. The summed E-state index contributed by atoms with van der Waals surface area (Å²) in [5.41, 5.74) is 5.36. The Kier molecular flexibility index (Phi) is 3.99. The highest BCUT2D eigenvalue weighted by molar-refractivity contribution is 8.00. The molecule has 0 saturated carbocycles. The SMILES string of the molecule is CS(=O)(=O)C1CSCCN1C(=O)Cn1cnc(N)n1. The Balaban J connectivity index is 2.12. The standard InChI is InChI=1S/C9H15N5O3S2/c1-19(16,17)8-5-18-3-2-14(8)7(15)4-13-6-11-9(10)12-13/h6,8H,2-5H2,1H3,(H2,10,12). The maximum absolute atomic E-state index is 12.2. The van der Waals surface area contributed by atoms with Crippen LogP contribution < -0.4 is 5.73 Å². The summed E-state index contributed by atoms with van der Waals surface area (Å²) < 4.78 is 24.7. The Bertz CT molecular complexity index is 570. The van der Waals surface area contributed by atoms with E-state index >= 15 is 0 Å². The second-order valence-corrected chi connectivity index (χ2v) is 7.60. The van der Waals surface area contributed by atoms with Crippen LogP contribution in [0.15, 0.2) is 6.33 Å². The normalized spacial score (nSPS) is 20.5. The molecule has 1 aromatic heterocycles. The summed E-state index contributed by atoms with van der Waals surface area (Å²) >= 11 is 1.53. The van der Waals surface area contributed by atoms with Gasteiger partial charge >= 0.3 is 0 Å². The summed E-state index contributed by atoms with van der Waals surface area (Å²) in [4.78, 5) is 17.3. The van der Waals surface area contributed by atoms with E-state index in [9.17, 15) is 13.2 Å². The van der Waals surface area contributed by atoms with Gasteiger partial charge in [0, 0.05) is 24.3 Å². The van der Waals surface area contributed by atoms with Crippen molar-refractivity contribution in [3.05, 3.63) is 6.33 Å². The van der Waals surface area contributed by atoms with E-state index < -0.39 is 15.2 Å². The Morgan fingerprint density at radius 1 is 1.63 bits per heavy atom. The number of nitrogens with zero attached hydrogens (tertiary/aromatic N) is 4. The lowest BCUT2D eigenvalue weighted by molar-refractivity contribution is -0.132. The third-order valence-corrected chi connectivity index (χ3v) is 5.39. The molecule has 1 aromatic rings. The molecule has 8 nitrogen and oxygen atoms in total. The third-order valence-electron chi connectivity index (χ3n) is 2.75. The Hall–Kier alpha value is -1.29. The monoisotopic (exact) mass is 305 g/mol. The van der Waals surface area contributed by atoms with Crippen LogP contribution in [0.4, 0.5) is 5.95 Å². The van der Waals surface area contributed by atoms with Gasteiger partial charge in [-0.3, -0.25) is 4.79 Å². The van der Waals surface area contributed by atoms with Crippen LogP contribution in [0.3, 0.4) is 0 Å². The predicted octanol–water partition coefficient (Wildman–Crippen LogP) is -1.19. The molecule has 1 aliphatic heterocycles. The lowest BCUT2D eigenvalue weighted by Gasteiger charge is -2.33. The van der Waals surface area contributed by atoms with Crippen LogP contribution in [0, 0.1) is 0 Å². The first kappa shape index (κ1) is 14.1. The molecule has 1 atom stereocenters. The number of thioether (sulfide) groups is 1. The minimum Gasteiger partial charge on any atom is -0.367 e. The van der Waals surface area contributed by atoms with Gasteiger partial charge in [-0.25, -0.2) is 18.1 Å². The summed E-state index contributed by atoms with van der Waals surface area (Å²) in [6.45, 7) is 0.367. The molecule has 0 bridgehead atoms. The van der Waals surface area contributed by atoms with Crippen molar-refractivity contribution in [2.75, 3.05) is 30.0 Å². The molecule has 0 aromatic carbocycles. The lowest BCUT2D eigenvalue weighted by Crippen LogP contribution is -2.50. The minimum atomic E-state index is -3.29. The first-order valence-corrected chi connectivity index (χ1v) is 8.70. The molecule has 2 rings (SSSR count). The number of nitrogen functional groups attached to an aromatic ring is 1. The van der Waals surface area contributed by atoms with E-state index in [1.54, 1.807) is 0 Å². The van der Waals surface area contributed by atoms with Crippen molar-refractivity contribution in [1.82, 2.24) is 19.7 Å². The van der Waals surface area contributed by atoms with Gasteiger partial charge in [-0.15, -0.1) is 5.10 Å². The van der Waals surface area contributed by atoms with Crippen LogP contribution in [0.5, 0.6) is 0 Å². The molecule has 0 spiro atoms. The van der Waals surface area contributed by atoms with E-state index in [1.165, 1.54) is 27.7 Å². The number of anilines is 1. The maximum Gasteiger partial charge on any atom is 0.245 e. The van der Waals surface area contributed by atoms with Gasteiger partial charge in [0.1, 0.15) is 18.2 Å². The molecule has 0 radical (unpaired) electrons. The van der Waals surface area contributed by atoms with Crippen LogP contribution in [-0.4, -0.2) is 63.7 Å². The van der Waals surface area contributed by atoms with Gasteiger partial charge in [-0.05, 0) is 0 Å². The number of amides is 1. The molecule has 10 heteroatoms. The number of nitrogens with two attached hydrogens (primary N) is 1. The van der Waals surface area contributed by atoms with E-state index in [0.29, 0.717) is 12.3 Å². The smallest absolute Gasteiger partial charge is 0.245 e. The molecule has 2 N–H and O–H groups in total. The number of carbonyl (C=O) groups excluding carboxylic acids is 1. The zero-order chi connectivity index (χ0) is 14.0. The van der Waals surface area contributed by atoms with E-state index in [2.05, 4.69) is 10.1 Å². The fourth-order valence-electron chi connectivity index (χ4n) is 1.84. The number of sulfone groups is 1. The van der Waals surface area contributed by atoms with E-state index in [4.69, 9.17) is 5.73 Å².